The lowest BCUT2D eigenvalue weighted by atomic mass is 10.1. The van der Waals surface area contributed by atoms with E-state index in [2.05, 4.69) is 20.3 Å². The van der Waals surface area contributed by atoms with Gasteiger partial charge in [-0.05, 0) is 46.8 Å². The summed E-state index contributed by atoms with van der Waals surface area (Å²) in [5.74, 6) is -0.442. The molecular formula is C34H34F2N8O13P2S. The van der Waals surface area contributed by atoms with E-state index in [1.54, 1.807) is 24.3 Å². The number of aromatic hydroxyl groups is 1. The Hall–Kier alpha value is -4.87. The van der Waals surface area contributed by atoms with Gasteiger partial charge >= 0.3 is 20.3 Å². The lowest BCUT2D eigenvalue weighted by Crippen LogP contribution is -2.38. The van der Waals surface area contributed by atoms with Gasteiger partial charge in [0.05, 0.1) is 19.5 Å². The Labute approximate surface area is 340 Å². The molecular weight excluding hydrogens is 860 g/mol. The number of benzene rings is 2. The maximum Gasteiger partial charge on any atom is 0.472 e. The van der Waals surface area contributed by atoms with Crippen LogP contribution in [0.2, 0.25) is 0 Å². The number of aromatic amines is 1. The first kappa shape index (κ1) is 41.8. The number of phosphoric ester groups is 1. The first-order valence-electron chi connectivity index (χ1n) is 17.9. The van der Waals surface area contributed by atoms with Crippen LogP contribution in [0.25, 0.3) is 11.2 Å². The molecule has 26 heteroatoms. The highest BCUT2D eigenvalue weighted by Gasteiger charge is 2.55. The fourth-order valence-corrected chi connectivity index (χ4v) is 10.9. The summed E-state index contributed by atoms with van der Waals surface area (Å²) in [6.45, 7) is -6.34. The zero-order valence-electron chi connectivity index (χ0n) is 30.6. The largest absolute Gasteiger partial charge is 0.508 e. The number of carbonyl (C=O) groups is 1. The average Bonchev–Trinajstić information content (AvgIpc) is 3.88. The Balaban J connectivity index is 1.08. The summed E-state index contributed by atoms with van der Waals surface area (Å²) in [5.41, 5.74) is 5.90. The number of phosphoric acid groups is 1. The molecule has 21 nitrogen and oxygen atoms in total. The third-order valence-electron chi connectivity index (χ3n) is 9.61. The summed E-state index contributed by atoms with van der Waals surface area (Å²) in [7, 11) is -5.29. The number of hydrogen-bond acceptors (Lipinski definition) is 17. The minimum atomic E-state index is -5.29. The number of alkyl halides is 2. The van der Waals surface area contributed by atoms with Gasteiger partial charge in [-0.15, -0.1) is 0 Å². The maximum atomic E-state index is 16.6. The molecule has 6 N–H and O–H groups in total. The Bertz CT molecular complexity index is 2600. The van der Waals surface area contributed by atoms with Gasteiger partial charge in [-0.25, -0.2) is 37.7 Å². The third-order valence-corrected chi connectivity index (χ3v) is 14.3. The first-order chi connectivity index (χ1) is 28.7. The van der Waals surface area contributed by atoms with Crippen molar-refractivity contribution in [3.8, 4) is 5.75 Å². The number of hydrogen-bond donors (Lipinski definition) is 5. The SMILES string of the molecule is Nc1ncnc2c1ncn2[C@@H]1O[C@@H]2COP(=O)(O)O[C@@H]3[C@H](F)[C@@H](COP(=O)(SCc4ccc(CNC(=O)c5ccc(O)cc5)cc4)O[C@@H]1[C@@H]2F)O[C@H]3n1ccc(=O)[nH]c1=O. The van der Waals surface area contributed by atoms with Crippen LogP contribution in [0.4, 0.5) is 14.6 Å². The number of ether oxygens (including phenoxy) is 2. The number of nitrogen functional groups attached to an aromatic ring is 1. The van der Waals surface area contributed by atoms with E-state index in [0.717, 1.165) is 18.6 Å². The van der Waals surface area contributed by atoms with Crippen LogP contribution in [-0.4, -0.2) is 95.0 Å². The van der Waals surface area contributed by atoms with E-state index < -0.39 is 88.3 Å². The van der Waals surface area contributed by atoms with E-state index in [0.29, 0.717) is 32.6 Å². The fourth-order valence-electron chi connectivity index (χ4n) is 6.58. The molecule has 0 aliphatic carbocycles. The van der Waals surface area contributed by atoms with Gasteiger partial charge in [0.2, 0.25) is 0 Å². The molecule has 2 aromatic carbocycles. The van der Waals surface area contributed by atoms with Crippen molar-refractivity contribution in [2.75, 3.05) is 18.9 Å². The number of phenolic OH excluding ortho intramolecular Hbond substituents is 1. The van der Waals surface area contributed by atoms with E-state index in [-0.39, 0.29) is 40.9 Å². The van der Waals surface area contributed by atoms with E-state index in [9.17, 15) is 33.5 Å². The van der Waals surface area contributed by atoms with Gasteiger partial charge in [-0.2, -0.15) is 0 Å². The molecule has 4 bridgehead atoms. The number of carbonyl (C=O) groups excluding carboxylic acids is 1. The number of halogens is 2. The third kappa shape index (κ3) is 8.79. The highest BCUT2D eigenvalue weighted by Crippen LogP contribution is 2.65. The summed E-state index contributed by atoms with van der Waals surface area (Å²) < 4.78 is 96.6. The molecule has 60 heavy (non-hydrogen) atoms. The van der Waals surface area contributed by atoms with Crippen LogP contribution in [0, 0.1) is 0 Å². The number of phenols is 1. The Morgan fingerprint density at radius 3 is 2.25 bits per heavy atom. The molecule has 0 spiro atoms. The molecule has 3 saturated heterocycles. The van der Waals surface area contributed by atoms with Crippen LogP contribution in [0.15, 0.2) is 83.0 Å². The molecule has 3 aromatic heterocycles. The summed E-state index contributed by atoms with van der Waals surface area (Å²) in [6.07, 6.45) is -11.9. The van der Waals surface area contributed by atoms with Gasteiger partial charge in [-0.1, -0.05) is 24.3 Å². The number of aromatic nitrogens is 6. The van der Waals surface area contributed by atoms with Crippen molar-refractivity contribution in [1.82, 2.24) is 34.4 Å². The zero-order valence-corrected chi connectivity index (χ0v) is 33.2. The average molecular weight is 895 g/mol. The number of nitrogens with two attached hydrogens (primary N) is 1. The van der Waals surface area contributed by atoms with Crippen molar-refractivity contribution in [2.45, 2.75) is 61.5 Å². The van der Waals surface area contributed by atoms with E-state index >= 15 is 8.78 Å². The van der Waals surface area contributed by atoms with E-state index in [4.69, 9.17) is 33.3 Å². The molecule has 2 unspecified atom stereocenters. The van der Waals surface area contributed by atoms with Crippen molar-refractivity contribution in [3.63, 3.8) is 0 Å². The first-order valence-corrected chi connectivity index (χ1v) is 22.5. The molecule has 0 saturated carbocycles. The second kappa shape index (κ2) is 16.9. The minimum absolute atomic E-state index is 0.0173. The number of fused-ring (bicyclic) bond motifs is 5. The molecule has 10 atom stereocenters. The minimum Gasteiger partial charge on any atom is -0.508 e. The lowest BCUT2D eigenvalue weighted by Gasteiger charge is -2.27. The van der Waals surface area contributed by atoms with Crippen molar-refractivity contribution in [3.05, 3.63) is 111 Å². The second-order valence-corrected chi connectivity index (χ2v) is 19.0. The Morgan fingerprint density at radius 1 is 0.900 bits per heavy atom. The standard InChI is InChI=1S/C34H34F2N8O13P2S/c35-24-22-13-53-59(51,60-14-18-3-1-17(2-4-18)11-38-31(47)19-5-7-20(45)8-6-19)57-28-25(36)21(55-33(28)44-16-41-26-29(37)39-15-40-30(26)44)12-52-58(49,50)56-27(24)32(54-22)43-10-9-23(46)42-34(43)48/h1-10,15-16,21-22,24-25,27-28,32-33,45H,11-14H2,(H,38,47)(H,49,50)(H2,37,39,40)(H,42,46,48)/t21-,22-,24-,25-,27-,28-,32-,33-,59?/m1/s1. The number of nitrogens with zero attached hydrogens (tertiary/aromatic N) is 5. The van der Waals surface area contributed by atoms with Crippen LogP contribution in [0.3, 0.4) is 0 Å². The number of rotatable bonds is 8. The Kier molecular flexibility index (Phi) is 11.8. The number of H-pyrrole nitrogens is 1. The topological polar surface area (TPSA) is 284 Å². The van der Waals surface area contributed by atoms with Crippen molar-refractivity contribution < 1.29 is 60.3 Å². The molecule has 0 radical (unpaired) electrons. The molecule has 1 amide bonds. The number of anilines is 1. The van der Waals surface area contributed by atoms with Gasteiger partial charge in [0.25, 0.3) is 11.5 Å². The van der Waals surface area contributed by atoms with Crippen molar-refractivity contribution >= 4 is 48.9 Å². The van der Waals surface area contributed by atoms with Gasteiger partial charge in [0.15, 0.2) is 36.3 Å². The number of imidazole rings is 1. The molecule has 3 aliphatic heterocycles. The van der Waals surface area contributed by atoms with Crippen LogP contribution < -0.4 is 22.3 Å². The molecule has 3 aliphatic rings. The number of amides is 1. The normalized spacial score (nSPS) is 30.9. The quantitative estimate of drug-likeness (QED) is 0.140. The van der Waals surface area contributed by atoms with Crippen LogP contribution in [0.5, 0.6) is 5.75 Å². The second-order valence-electron chi connectivity index (χ2n) is 13.6. The summed E-state index contributed by atoms with van der Waals surface area (Å²) in [6, 6.07) is 13.4. The predicted octanol–water partition coefficient (Wildman–Crippen LogP) is 3.02. The van der Waals surface area contributed by atoms with Gasteiger partial charge in [0.1, 0.15) is 42.0 Å². The van der Waals surface area contributed by atoms with Crippen molar-refractivity contribution in [2.24, 2.45) is 0 Å². The maximum absolute atomic E-state index is 16.6. The van der Waals surface area contributed by atoms with Gasteiger partial charge < -0.3 is 30.5 Å². The van der Waals surface area contributed by atoms with Crippen LogP contribution >= 0.6 is 26.0 Å². The van der Waals surface area contributed by atoms with Gasteiger partial charge in [0, 0.05) is 30.1 Å². The Morgan fingerprint density at radius 2 is 1.55 bits per heavy atom. The summed E-state index contributed by atoms with van der Waals surface area (Å²) in [4.78, 5) is 61.9. The summed E-state index contributed by atoms with van der Waals surface area (Å²) >= 11 is 0.617. The summed E-state index contributed by atoms with van der Waals surface area (Å²) in [5, 5.41) is 12.3. The van der Waals surface area contributed by atoms with Gasteiger partial charge in [-0.3, -0.25) is 41.8 Å². The van der Waals surface area contributed by atoms with Crippen LogP contribution in [-0.2, 0) is 49.0 Å². The molecule has 3 fully saturated rings. The lowest BCUT2D eigenvalue weighted by molar-refractivity contribution is -0.0650. The van der Waals surface area contributed by atoms with Crippen LogP contribution in [0.1, 0.15) is 33.9 Å². The molecule has 6 heterocycles. The fraction of sp³-hybridized carbons (Fsp3) is 0.353. The number of nitrogens with one attached hydrogen (secondary N) is 2. The molecule has 318 valence electrons. The highest BCUT2D eigenvalue weighted by atomic mass is 32.7. The smallest absolute Gasteiger partial charge is 0.472 e. The molecule has 8 rings (SSSR count). The van der Waals surface area contributed by atoms with Crippen molar-refractivity contribution in [1.29, 1.82) is 0 Å². The highest BCUT2D eigenvalue weighted by molar-refractivity contribution is 8.54. The van der Waals surface area contributed by atoms with E-state index in [1.807, 2.05) is 4.98 Å². The predicted molar refractivity (Wildman–Crippen MR) is 205 cm³/mol. The monoisotopic (exact) mass is 894 g/mol. The van der Waals surface area contributed by atoms with E-state index in [1.165, 1.54) is 35.2 Å². The molecule has 5 aromatic rings. The zero-order chi connectivity index (χ0) is 42.3.